The highest BCUT2D eigenvalue weighted by Crippen LogP contribution is 2.12. The minimum Gasteiger partial charge on any atom is -0.352 e. The number of carbonyl (C=O) groups excluding carboxylic acids is 1. The van der Waals surface area contributed by atoms with Gasteiger partial charge in [0, 0.05) is 23.4 Å². The van der Waals surface area contributed by atoms with Crippen LogP contribution in [0, 0.1) is 0 Å². The van der Waals surface area contributed by atoms with Crippen LogP contribution < -0.4 is 5.32 Å². The molecule has 0 radical (unpaired) electrons. The van der Waals surface area contributed by atoms with Crippen molar-refractivity contribution in [3.63, 3.8) is 0 Å². The first kappa shape index (κ1) is 11.9. The number of fused-ring (bicyclic) bond motifs is 1. The molecule has 0 bridgehead atoms. The van der Waals surface area contributed by atoms with Crippen LogP contribution in [0.1, 0.15) is 5.69 Å². The van der Waals surface area contributed by atoms with Crippen molar-refractivity contribution in [2.45, 2.75) is 6.42 Å². The Morgan fingerprint density at radius 2 is 2.35 bits per heavy atom. The molecule has 0 atom stereocenters. The van der Waals surface area contributed by atoms with E-state index in [9.17, 15) is 4.79 Å². The van der Waals surface area contributed by atoms with E-state index in [1.807, 2.05) is 28.9 Å². The zero-order valence-electron chi connectivity index (χ0n) is 9.19. The summed E-state index contributed by atoms with van der Waals surface area (Å²) in [4.78, 5) is 15.9. The van der Waals surface area contributed by atoms with E-state index in [2.05, 4.69) is 32.8 Å². The van der Waals surface area contributed by atoms with Gasteiger partial charge in [0.2, 0.25) is 5.91 Å². The van der Waals surface area contributed by atoms with Gasteiger partial charge in [-0.1, -0.05) is 6.08 Å². The van der Waals surface area contributed by atoms with E-state index in [0.29, 0.717) is 6.54 Å². The lowest BCUT2D eigenvalue weighted by molar-refractivity contribution is -0.120. The van der Waals surface area contributed by atoms with Crippen LogP contribution in [0.15, 0.2) is 41.7 Å². The zero-order valence-corrected chi connectivity index (χ0v) is 10.8. The molecule has 0 aliphatic carbocycles. The number of imidazole rings is 1. The Morgan fingerprint density at radius 1 is 1.53 bits per heavy atom. The molecule has 5 heteroatoms. The third-order valence-electron chi connectivity index (χ3n) is 2.25. The fourth-order valence-electron chi connectivity index (χ4n) is 1.52. The number of pyridine rings is 1. The quantitative estimate of drug-likeness (QED) is 0.876. The molecule has 0 aliphatic heterocycles. The summed E-state index contributed by atoms with van der Waals surface area (Å²) in [6.45, 7) is 4.03. The van der Waals surface area contributed by atoms with Gasteiger partial charge >= 0.3 is 0 Å². The van der Waals surface area contributed by atoms with Gasteiger partial charge in [-0.25, -0.2) is 4.98 Å². The number of amides is 1. The first-order chi connectivity index (χ1) is 8.19. The maximum absolute atomic E-state index is 11.5. The SMILES string of the molecule is C=CCNC(=O)Cc1cn2cc(Br)ccc2n1. The molecule has 1 amide bonds. The van der Waals surface area contributed by atoms with Crippen molar-refractivity contribution in [2.75, 3.05) is 6.54 Å². The van der Waals surface area contributed by atoms with Gasteiger partial charge in [0.25, 0.3) is 0 Å². The molecule has 2 aromatic rings. The molecule has 0 spiro atoms. The second-order valence-corrected chi connectivity index (χ2v) is 4.53. The van der Waals surface area contributed by atoms with Gasteiger partial charge in [-0.2, -0.15) is 0 Å². The average molecular weight is 294 g/mol. The molecule has 0 saturated carbocycles. The molecular formula is C12H12BrN3O. The highest BCUT2D eigenvalue weighted by atomic mass is 79.9. The number of hydrogen-bond acceptors (Lipinski definition) is 2. The second kappa shape index (κ2) is 5.14. The van der Waals surface area contributed by atoms with Crippen molar-refractivity contribution in [3.05, 3.63) is 47.3 Å². The minimum absolute atomic E-state index is 0.0487. The van der Waals surface area contributed by atoms with Gasteiger partial charge in [0.05, 0.1) is 12.1 Å². The predicted octanol–water partition coefficient (Wildman–Crippen LogP) is 1.94. The second-order valence-electron chi connectivity index (χ2n) is 3.61. The average Bonchev–Trinajstić information content (AvgIpc) is 2.67. The van der Waals surface area contributed by atoms with Gasteiger partial charge < -0.3 is 9.72 Å². The van der Waals surface area contributed by atoms with Crippen molar-refractivity contribution in [3.8, 4) is 0 Å². The maximum atomic E-state index is 11.5. The third-order valence-corrected chi connectivity index (χ3v) is 2.72. The molecule has 0 saturated heterocycles. The number of hydrogen-bond donors (Lipinski definition) is 1. The Kier molecular flexibility index (Phi) is 3.58. The van der Waals surface area contributed by atoms with E-state index in [1.54, 1.807) is 6.08 Å². The van der Waals surface area contributed by atoms with E-state index in [1.165, 1.54) is 0 Å². The predicted molar refractivity (Wildman–Crippen MR) is 69.8 cm³/mol. The van der Waals surface area contributed by atoms with Crippen LogP contribution in [-0.2, 0) is 11.2 Å². The fraction of sp³-hybridized carbons (Fsp3) is 0.167. The van der Waals surface area contributed by atoms with Gasteiger partial charge in [-0.3, -0.25) is 4.79 Å². The number of carbonyl (C=O) groups is 1. The van der Waals surface area contributed by atoms with Crippen LogP contribution in [-0.4, -0.2) is 21.8 Å². The summed E-state index contributed by atoms with van der Waals surface area (Å²) >= 11 is 3.39. The first-order valence-electron chi connectivity index (χ1n) is 5.20. The minimum atomic E-state index is -0.0487. The Labute approximate surface area is 107 Å². The molecule has 88 valence electrons. The molecule has 17 heavy (non-hydrogen) atoms. The fourth-order valence-corrected chi connectivity index (χ4v) is 1.87. The number of aromatic nitrogens is 2. The normalized spacial score (nSPS) is 10.4. The molecule has 2 rings (SSSR count). The van der Waals surface area contributed by atoms with Crippen LogP contribution in [0.2, 0.25) is 0 Å². The number of nitrogens with zero attached hydrogens (tertiary/aromatic N) is 2. The molecule has 0 fully saturated rings. The maximum Gasteiger partial charge on any atom is 0.226 e. The Hall–Kier alpha value is -1.62. The van der Waals surface area contributed by atoms with E-state index < -0.39 is 0 Å². The summed E-state index contributed by atoms with van der Waals surface area (Å²) in [5.41, 5.74) is 1.59. The Bertz CT molecular complexity index is 562. The van der Waals surface area contributed by atoms with Crippen molar-refractivity contribution < 1.29 is 4.79 Å². The monoisotopic (exact) mass is 293 g/mol. The van der Waals surface area contributed by atoms with Crippen molar-refractivity contribution in [2.24, 2.45) is 0 Å². The van der Waals surface area contributed by atoms with E-state index in [0.717, 1.165) is 15.8 Å². The molecule has 2 heterocycles. The third kappa shape index (κ3) is 2.94. The molecular weight excluding hydrogens is 282 g/mol. The number of nitrogens with one attached hydrogen (secondary N) is 1. The summed E-state index contributed by atoms with van der Waals surface area (Å²) in [5.74, 6) is -0.0487. The van der Waals surface area contributed by atoms with Crippen molar-refractivity contribution in [1.82, 2.24) is 14.7 Å². The van der Waals surface area contributed by atoms with Gasteiger partial charge in [-0.05, 0) is 28.1 Å². The molecule has 2 aromatic heterocycles. The zero-order chi connectivity index (χ0) is 12.3. The lowest BCUT2D eigenvalue weighted by Crippen LogP contribution is -2.25. The molecule has 4 nitrogen and oxygen atoms in total. The molecule has 0 aromatic carbocycles. The summed E-state index contributed by atoms with van der Waals surface area (Å²) in [6.07, 6.45) is 5.70. The van der Waals surface area contributed by atoms with Crippen LogP contribution >= 0.6 is 15.9 Å². The summed E-state index contributed by atoms with van der Waals surface area (Å²) in [5, 5.41) is 2.72. The lowest BCUT2D eigenvalue weighted by atomic mass is 10.3. The summed E-state index contributed by atoms with van der Waals surface area (Å²) in [7, 11) is 0. The molecule has 0 aliphatic rings. The van der Waals surface area contributed by atoms with E-state index in [-0.39, 0.29) is 12.3 Å². The van der Waals surface area contributed by atoms with Gasteiger partial charge in [-0.15, -0.1) is 6.58 Å². The van der Waals surface area contributed by atoms with Crippen LogP contribution in [0.3, 0.4) is 0 Å². The standard InChI is InChI=1S/C12H12BrN3O/c1-2-5-14-12(17)6-10-8-16-7-9(13)3-4-11(16)15-10/h2-4,7-8H,1,5-6H2,(H,14,17). The molecule has 0 unspecified atom stereocenters. The van der Waals surface area contributed by atoms with Crippen LogP contribution in [0.4, 0.5) is 0 Å². The van der Waals surface area contributed by atoms with Crippen molar-refractivity contribution >= 4 is 27.5 Å². The Morgan fingerprint density at radius 3 is 3.12 bits per heavy atom. The van der Waals surface area contributed by atoms with Crippen molar-refractivity contribution in [1.29, 1.82) is 0 Å². The Balaban J connectivity index is 2.14. The number of halogens is 1. The van der Waals surface area contributed by atoms with Crippen LogP contribution in [0.25, 0.3) is 5.65 Å². The molecule has 1 N–H and O–H groups in total. The number of rotatable bonds is 4. The smallest absolute Gasteiger partial charge is 0.226 e. The summed E-state index contributed by atoms with van der Waals surface area (Å²) in [6, 6.07) is 3.82. The van der Waals surface area contributed by atoms with Gasteiger partial charge in [0.1, 0.15) is 5.65 Å². The topological polar surface area (TPSA) is 46.4 Å². The first-order valence-corrected chi connectivity index (χ1v) is 5.99. The highest BCUT2D eigenvalue weighted by molar-refractivity contribution is 9.10. The van der Waals surface area contributed by atoms with E-state index >= 15 is 0 Å². The van der Waals surface area contributed by atoms with Crippen LogP contribution in [0.5, 0.6) is 0 Å². The highest BCUT2D eigenvalue weighted by Gasteiger charge is 2.06. The van der Waals surface area contributed by atoms with E-state index in [4.69, 9.17) is 0 Å². The van der Waals surface area contributed by atoms with Gasteiger partial charge in [0.15, 0.2) is 0 Å². The summed E-state index contributed by atoms with van der Waals surface area (Å²) < 4.78 is 2.87. The largest absolute Gasteiger partial charge is 0.352 e. The lowest BCUT2D eigenvalue weighted by Gasteiger charge is -1.98.